The van der Waals surface area contributed by atoms with Gasteiger partial charge in [0.15, 0.2) is 0 Å². The van der Waals surface area contributed by atoms with Crippen molar-refractivity contribution in [3.8, 4) is 0 Å². The lowest BCUT2D eigenvalue weighted by Gasteiger charge is -2.05. The van der Waals surface area contributed by atoms with Crippen LogP contribution in [0.25, 0.3) is 0 Å². The summed E-state index contributed by atoms with van der Waals surface area (Å²) in [6.07, 6.45) is 4.89. The summed E-state index contributed by atoms with van der Waals surface area (Å²) in [7, 11) is 2.00. The molecule has 0 spiro atoms. The lowest BCUT2D eigenvalue weighted by atomic mass is 10.1. The van der Waals surface area contributed by atoms with E-state index in [1.807, 2.05) is 18.4 Å². The second-order valence-electron chi connectivity index (χ2n) is 5.44. The van der Waals surface area contributed by atoms with Crippen LogP contribution in [0, 0.1) is 5.92 Å². The zero-order chi connectivity index (χ0) is 13.0. The van der Waals surface area contributed by atoms with Gasteiger partial charge in [0.05, 0.1) is 16.8 Å². The largest absolute Gasteiger partial charge is 0.378 e. The quantitative estimate of drug-likeness (QED) is 0.861. The fourth-order valence-electron chi connectivity index (χ4n) is 2.37. The molecule has 18 heavy (non-hydrogen) atoms. The summed E-state index contributed by atoms with van der Waals surface area (Å²) in [5.41, 5.74) is 1.29. The molecule has 1 aliphatic rings. The average Bonchev–Trinajstić information content (AvgIpc) is 2.90. The van der Waals surface area contributed by atoms with Crippen LogP contribution >= 0.6 is 11.3 Å². The van der Waals surface area contributed by atoms with Crippen molar-refractivity contribution in [1.29, 1.82) is 0 Å². The Labute approximate surface area is 114 Å². The summed E-state index contributed by atoms with van der Waals surface area (Å²) >= 11 is 1.86. The van der Waals surface area contributed by atoms with Gasteiger partial charge in [0.1, 0.15) is 0 Å². The number of aromatic nitrogens is 1. The predicted octanol–water partition coefficient (Wildman–Crippen LogP) is 2.78. The minimum atomic E-state index is 0.408. The molecule has 2 heterocycles. The van der Waals surface area contributed by atoms with Crippen LogP contribution in [-0.2, 0) is 24.1 Å². The Bertz CT molecular complexity index is 370. The summed E-state index contributed by atoms with van der Waals surface area (Å²) in [5, 5.41) is 4.50. The third-order valence-corrected chi connectivity index (χ3v) is 4.31. The minimum absolute atomic E-state index is 0.408. The van der Waals surface area contributed by atoms with Crippen LogP contribution in [0.1, 0.15) is 42.3 Å². The lowest BCUT2D eigenvalue weighted by Crippen LogP contribution is -2.08. The van der Waals surface area contributed by atoms with Crippen molar-refractivity contribution in [1.82, 2.24) is 10.3 Å². The highest BCUT2D eigenvalue weighted by atomic mass is 32.1. The van der Waals surface area contributed by atoms with E-state index in [2.05, 4.69) is 19.2 Å². The first kappa shape index (κ1) is 14.0. The maximum absolute atomic E-state index is 5.70. The molecular weight excluding hydrogens is 244 g/mol. The highest BCUT2D eigenvalue weighted by molar-refractivity contribution is 7.11. The molecule has 1 fully saturated rings. The molecule has 0 aromatic carbocycles. The molecule has 3 nitrogen and oxygen atoms in total. The van der Waals surface area contributed by atoms with Crippen LogP contribution in [0.2, 0.25) is 0 Å². The van der Waals surface area contributed by atoms with E-state index in [-0.39, 0.29) is 0 Å². The van der Waals surface area contributed by atoms with Gasteiger partial charge >= 0.3 is 0 Å². The van der Waals surface area contributed by atoms with Crippen molar-refractivity contribution in [2.75, 3.05) is 13.7 Å². The lowest BCUT2D eigenvalue weighted by molar-refractivity contribution is 0.111. The van der Waals surface area contributed by atoms with Crippen molar-refractivity contribution in [2.45, 2.75) is 52.2 Å². The normalized spacial score (nSPS) is 19.9. The van der Waals surface area contributed by atoms with Crippen LogP contribution in [0.4, 0.5) is 0 Å². The fourth-order valence-corrected chi connectivity index (χ4v) is 3.54. The zero-order valence-electron chi connectivity index (χ0n) is 11.7. The maximum Gasteiger partial charge on any atom is 0.0957 e. The average molecular weight is 268 g/mol. The standard InChI is InChI=1S/C14H24N2OS/c1-10(2)7-12-13(9-15-3)18-14(16-12)8-11-5-4-6-17-11/h10-11,15H,4-9H2,1-3H3. The summed E-state index contributed by atoms with van der Waals surface area (Å²) < 4.78 is 5.70. The van der Waals surface area contributed by atoms with Gasteiger partial charge in [0.2, 0.25) is 0 Å². The zero-order valence-corrected chi connectivity index (χ0v) is 12.5. The molecule has 1 aliphatic heterocycles. The summed E-state index contributed by atoms with van der Waals surface area (Å²) in [6.45, 7) is 6.37. The highest BCUT2D eigenvalue weighted by Gasteiger charge is 2.19. The Hall–Kier alpha value is -0.450. The van der Waals surface area contributed by atoms with Gasteiger partial charge in [-0.05, 0) is 32.2 Å². The van der Waals surface area contributed by atoms with Crippen LogP contribution < -0.4 is 5.32 Å². The van der Waals surface area contributed by atoms with Crippen LogP contribution in [-0.4, -0.2) is 24.7 Å². The SMILES string of the molecule is CNCc1sc(CC2CCCO2)nc1CC(C)C. The number of nitrogens with zero attached hydrogens (tertiary/aromatic N) is 1. The monoisotopic (exact) mass is 268 g/mol. The topological polar surface area (TPSA) is 34.1 Å². The van der Waals surface area contributed by atoms with E-state index in [0.29, 0.717) is 12.0 Å². The number of hydrogen-bond acceptors (Lipinski definition) is 4. The number of rotatable bonds is 6. The second kappa shape index (κ2) is 6.64. The van der Waals surface area contributed by atoms with Crippen molar-refractivity contribution in [2.24, 2.45) is 5.92 Å². The van der Waals surface area contributed by atoms with Gasteiger partial charge in [-0.2, -0.15) is 0 Å². The molecule has 0 amide bonds. The number of nitrogens with one attached hydrogen (secondary N) is 1. The van der Waals surface area contributed by atoms with E-state index >= 15 is 0 Å². The van der Waals surface area contributed by atoms with Gasteiger partial charge < -0.3 is 10.1 Å². The van der Waals surface area contributed by atoms with Crippen LogP contribution in [0.15, 0.2) is 0 Å². The molecule has 4 heteroatoms. The van der Waals surface area contributed by atoms with Crippen LogP contribution in [0.3, 0.4) is 0 Å². The summed E-state index contributed by atoms with van der Waals surface area (Å²) in [5.74, 6) is 0.665. The van der Waals surface area contributed by atoms with Crippen molar-refractivity contribution in [3.63, 3.8) is 0 Å². The molecule has 1 saturated heterocycles. The van der Waals surface area contributed by atoms with E-state index in [9.17, 15) is 0 Å². The Morgan fingerprint density at radius 3 is 2.94 bits per heavy atom. The van der Waals surface area contributed by atoms with E-state index in [0.717, 1.165) is 26.0 Å². The summed E-state index contributed by atoms with van der Waals surface area (Å²) in [6, 6.07) is 0. The van der Waals surface area contributed by atoms with Gasteiger partial charge in [-0.1, -0.05) is 13.8 Å². The molecular formula is C14H24N2OS. The molecule has 0 saturated carbocycles. The first-order chi connectivity index (χ1) is 8.69. The molecule has 1 aromatic heterocycles. The van der Waals surface area contributed by atoms with Gasteiger partial charge in [0.25, 0.3) is 0 Å². The molecule has 0 aliphatic carbocycles. The number of thiazole rings is 1. The smallest absolute Gasteiger partial charge is 0.0957 e. The van der Waals surface area contributed by atoms with E-state index in [1.54, 1.807) is 0 Å². The molecule has 2 rings (SSSR count). The first-order valence-electron chi connectivity index (χ1n) is 6.92. The first-order valence-corrected chi connectivity index (χ1v) is 7.74. The summed E-state index contributed by atoms with van der Waals surface area (Å²) in [4.78, 5) is 6.23. The second-order valence-corrected chi connectivity index (χ2v) is 6.61. The Morgan fingerprint density at radius 1 is 1.50 bits per heavy atom. The Balaban J connectivity index is 2.05. The van der Waals surface area contributed by atoms with Crippen molar-refractivity contribution in [3.05, 3.63) is 15.6 Å². The van der Waals surface area contributed by atoms with Crippen molar-refractivity contribution >= 4 is 11.3 Å². The molecule has 1 unspecified atom stereocenters. The van der Waals surface area contributed by atoms with Crippen LogP contribution in [0.5, 0.6) is 0 Å². The Morgan fingerprint density at radius 2 is 2.33 bits per heavy atom. The Kier molecular flexibility index (Phi) is 5.15. The van der Waals surface area contributed by atoms with E-state index in [4.69, 9.17) is 9.72 Å². The molecule has 0 radical (unpaired) electrons. The third-order valence-electron chi connectivity index (χ3n) is 3.19. The van der Waals surface area contributed by atoms with Gasteiger partial charge in [-0.25, -0.2) is 4.98 Å². The number of ether oxygens (including phenoxy) is 1. The maximum atomic E-state index is 5.70. The fraction of sp³-hybridized carbons (Fsp3) is 0.786. The van der Waals surface area contributed by atoms with E-state index in [1.165, 1.54) is 28.4 Å². The molecule has 0 bridgehead atoms. The van der Waals surface area contributed by atoms with Crippen molar-refractivity contribution < 1.29 is 4.74 Å². The molecule has 102 valence electrons. The minimum Gasteiger partial charge on any atom is -0.378 e. The number of hydrogen-bond donors (Lipinski definition) is 1. The molecule has 1 N–H and O–H groups in total. The van der Waals surface area contributed by atoms with Gasteiger partial charge in [-0.15, -0.1) is 11.3 Å². The predicted molar refractivity (Wildman–Crippen MR) is 76.1 cm³/mol. The van der Waals surface area contributed by atoms with E-state index < -0.39 is 0 Å². The van der Waals surface area contributed by atoms with Gasteiger partial charge in [-0.3, -0.25) is 0 Å². The van der Waals surface area contributed by atoms with Gasteiger partial charge in [0, 0.05) is 24.4 Å². The molecule has 1 aromatic rings. The third kappa shape index (κ3) is 3.77. The molecule has 1 atom stereocenters. The highest BCUT2D eigenvalue weighted by Crippen LogP contribution is 2.25.